The maximum absolute atomic E-state index is 12.5. The number of carbonyl (C=O) groups excluding carboxylic acids is 3. The number of ether oxygens (including phenoxy) is 11. The lowest BCUT2D eigenvalue weighted by molar-refractivity contribution is -0.269. The normalized spacial score (nSPS) is 26.0. The number of likely N-dealkylation sites (N-methyl/N-ethyl adjacent to an activating group) is 1. The van der Waals surface area contributed by atoms with Crippen LogP contribution in [0.25, 0.3) is 0 Å². The van der Waals surface area contributed by atoms with Crippen molar-refractivity contribution in [2.75, 3.05) is 76.6 Å². The van der Waals surface area contributed by atoms with Crippen molar-refractivity contribution in [3.63, 3.8) is 0 Å². The summed E-state index contributed by atoms with van der Waals surface area (Å²) in [6.07, 6.45) is -7.48. The van der Waals surface area contributed by atoms with E-state index in [0.717, 1.165) is 0 Å². The molecule has 246 valence electrons. The zero-order chi connectivity index (χ0) is 32.0. The van der Waals surface area contributed by atoms with Gasteiger partial charge in [0.15, 0.2) is 12.4 Å². The molecule has 15 nitrogen and oxygen atoms in total. The second kappa shape index (κ2) is 19.4. The zero-order valence-corrected chi connectivity index (χ0v) is 26.6. The number of esters is 2. The molecule has 0 bridgehead atoms. The van der Waals surface area contributed by atoms with E-state index in [9.17, 15) is 14.4 Å². The lowest BCUT2D eigenvalue weighted by Crippen LogP contribution is -2.66. The molecular weight excluding hydrogens is 562 g/mol. The second-order valence-corrected chi connectivity index (χ2v) is 9.68. The van der Waals surface area contributed by atoms with Crippen molar-refractivity contribution >= 4 is 17.8 Å². The molecule has 1 amide bonds. The molecule has 1 fully saturated rings. The summed E-state index contributed by atoms with van der Waals surface area (Å²) in [4.78, 5) is 37.6. The highest BCUT2D eigenvalue weighted by Gasteiger charge is 2.50. The Morgan fingerprint density at radius 2 is 1.36 bits per heavy atom. The van der Waals surface area contributed by atoms with Gasteiger partial charge in [0, 0.05) is 77.6 Å². The summed E-state index contributed by atoms with van der Waals surface area (Å²) in [6, 6.07) is -0.623. The third kappa shape index (κ3) is 10.3. The summed E-state index contributed by atoms with van der Waals surface area (Å²) >= 11 is 0. The molecule has 1 saturated heterocycles. The fourth-order valence-corrected chi connectivity index (χ4v) is 5.08. The Balaban J connectivity index is 3.39. The summed E-state index contributed by atoms with van der Waals surface area (Å²) in [5, 5.41) is 0. The average Bonchev–Trinajstić information content (AvgIpc) is 2.95. The highest BCUT2D eigenvalue weighted by atomic mass is 16.7. The van der Waals surface area contributed by atoms with Gasteiger partial charge in [-0.2, -0.15) is 0 Å². The van der Waals surface area contributed by atoms with Crippen molar-refractivity contribution in [2.24, 2.45) is 0 Å². The molecule has 1 rings (SSSR count). The van der Waals surface area contributed by atoms with Crippen LogP contribution in [0.3, 0.4) is 0 Å². The summed E-state index contributed by atoms with van der Waals surface area (Å²) in [5.41, 5.74) is 0. The van der Waals surface area contributed by atoms with Crippen LogP contribution < -0.4 is 0 Å². The fourth-order valence-electron chi connectivity index (χ4n) is 5.08. The van der Waals surface area contributed by atoms with Gasteiger partial charge in [0.25, 0.3) is 0 Å². The van der Waals surface area contributed by atoms with Gasteiger partial charge in [-0.05, 0) is 0 Å². The molecule has 0 aromatic carbocycles. The Labute approximate surface area is 248 Å². The molecule has 0 radical (unpaired) electrons. The molecule has 0 aromatic heterocycles. The predicted molar refractivity (Wildman–Crippen MR) is 146 cm³/mol. The standard InChI is InChI=1S/C27H49NO14/c1-15(29)28(4)21-18(42-20(12-32-5)23(35-8)24(21)36-9)13-40-27(38-11)26(41-17(3)31)25(37-10)22(34-7)19(33-6)14-39-16(2)30/h18-27H,12-14H2,1-11H3. The summed E-state index contributed by atoms with van der Waals surface area (Å²) in [7, 11) is 11.8. The Morgan fingerprint density at radius 3 is 1.79 bits per heavy atom. The molecule has 10 unspecified atom stereocenters. The summed E-state index contributed by atoms with van der Waals surface area (Å²) in [6.45, 7) is 3.85. The van der Waals surface area contributed by atoms with Crippen molar-refractivity contribution in [2.45, 2.75) is 81.9 Å². The van der Waals surface area contributed by atoms with Gasteiger partial charge in [0.05, 0.1) is 19.3 Å². The molecule has 1 aliphatic heterocycles. The van der Waals surface area contributed by atoms with Gasteiger partial charge < -0.3 is 57.0 Å². The van der Waals surface area contributed by atoms with Crippen molar-refractivity contribution in [3.05, 3.63) is 0 Å². The van der Waals surface area contributed by atoms with Crippen LogP contribution in [-0.2, 0) is 66.5 Å². The van der Waals surface area contributed by atoms with Crippen molar-refractivity contribution in [3.8, 4) is 0 Å². The monoisotopic (exact) mass is 611 g/mol. The predicted octanol–water partition coefficient (Wildman–Crippen LogP) is -0.194. The van der Waals surface area contributed by atoms with E-state index in [-0.39, 0.29) is 25.7 Å². The van der Waals surface area contributed by atoms with Gasteiger partial charge in [-0.25, -0.2) is 0 Å². The molecular formula is C27H49NO14. The first-order valence-corrected chi connectivity index (χ1v) is 13.4. The van der Waals surface area contributed by atoms with Gasteiger partial charge in [-0.15, -0.1) is 0 Å². The number of amides is 1. The van der Waals surface area contributed by atoms with Crippen LogP contribution in [0.4, 0.5) is 0 Å². The average molecular weight is 612 g/mol. The van der Waals surface area contributed by atoms with Crippen LogP contribution in [-0.4, -0.2) is 161 Å². The first-order chi connectivity index (χ1) is 19.9. The minimum absolute atomic E-state index is 0.121. The van der Waals surface area contributed by atoms with Crippen LogP contribution in [0.2, 0.25) is 0 Å². The molecule has 0 aliphatic carbocycles. The van der Waals surface area contributed by atoms with Crippen molar-refractivity contribution < 1.29 is 66.5 Å². The van der Waals surface area contributed by atoms with E-state index in [2.05, 4.69) is 0 Å². The van der Waals surface area contributed by atoms with Crippen LogP contribution in [0, 0.1) is 0 Å². The maximum Gasteiger partial charge on any atom is 0.303 e. The minimum Gasteiger partial charge on any atom is -0.463 e. The summed E-state index contributed by atoms with van der Waals surface area (Å²) in [5.74, 6) is -1.37. The number of methoxy groups -OCH3 is 7. The van der Waals surface area contributed by atoms with E-state index in [1.165, 1.54) is 75.4 Å². The Bertz CT molecular complexity index is 816. The molecule has 42 heavy (non-hydrogen) atoms. The molecule has 1 heterocycles. The van der Waals surface area contributed by atoms with E-state index < -0.39 is 73.1 Å². The largest absolute Gasteiger partial charge is 0.463 e. The molecule has 0 saturated carbocycles. The SMILES string of the molecule is COCC1OC(COC(OC)C(OC(C)=O)C(OC)C(OC)C(COC(C)=O)OC)C(N(C)C(C)=O)C(OC)C1OC. The van der Waals surface area contributed by atoms with Crippen LogP contribution in [0.15, 0.2) is 0 Å². The van der Waals surface area contributed by atoms with Gasteiger partial charge in [0.2, 0.25) is 5.91 Å². The quantitative estimate of drug-likeness (QED) is 0.140. The maximum atomic E-state index is 12.5. The Morgan fingerprint density at radius 1 is 0.738 bits per heavy atom. The molecule has 0 N–H and O–H groups in total. The molecule has 0 spiro atoms. The molecule has 1 aliphatic rings. The Kier molecular flexibility index (Phi) is 17.5. The van der Waals surface area contributed by atoms with E-state index in [4.69, 9.17) is 52.1 Å². The van der Waals surface area contributed by atoms with E-state index in [1.54, 1.807) is 7.05 Å². The minimum atomic E-state index is -1.20. The number of carbonyl (C=O) groups is 3. The summed E-state index contributed by atoms with van der Waals surface area (Å²) < 4.78 is 62.6. The zero-order valence-electron chi connectivity index (χ0n) is 26.6. The topological polar surface area (TPSA) is 156 Å². The first-order valence-electron chi connectivity index (χ1n) is 13.4. The third-order valence-electron chi connectivity index (χ3n) is 7.12. The van der Waals surface area contributed by atoms with Gasteiger partial charge in [0.1, 0.15) is 49.3 Å². The van der Waals surface area contributed by atoms with Crippen molar-refractivity contribution in [1.82, 2.24) is 4.90 Å². The lowest BCUT2D eigenvalue weighted by atomic mass is 9.91. The number of rotatable bonds is 19. The van der Waals surface area contributed by atoms with Crippen LogP contribution >= 0.6 is 0 Å². The fraction of sp³-hybridized carbons (Fsp3) is 0.889. The van der Waals surface area contributed by atoms with Gasteiger partial charge in [-0.3, -0.25) is 14.4 Å². The number of hydrogen-bond donors (Lipinski definition) is 0. The third-order valence-corrected chi connectivity index (χ3v) is 7.12. The van der Waals surface area contributed by atoms with Crippen molar-refractivity contribution in [1.29, 1.82) is 0 Å². The lowest BCUT2D eigenvalue weighted by Gasteiger charge is -2.48. The smallest absolute Gasteiger partial charge is 0.303 e. The van der Waals surface area contributed by atoms with E-state index >= 15 is 0 Å². The van der Waals surface area contributed by atoms with E-state index in [1.807, 2.05) is 0 Å². The van der Waals surface area contributed by atoms with Crippen LogP contribution in [0.5, 0.6) is 0 Å². The number of hydrogen-bond acceptors (Lipinski definition) is 14. The highest BCUT2D eigenvalue weighted by Crippen LogP contribution is 2.30. The van der Waals surface area contributed by atoms with Crippen LogP contribution in [0.1, 0.15) is 20.8 Å². The molecule has 10 atom stereocenters. The van der Waals surface area contributed by atoms with Gasteiger partial charge in [-0.1, -0.05) is 0 Å². The highest BCUT2D eigenvalue weighted by molar-refractivity contribution is 5.73. The van der Waals surface area contributed by atoms with Gasteiger partial charge >= 0.3 is 11.9 Å². The molecule has 0 aromatic rings. The Hall–Kier alpha value is -1.95. The second-order valence-electron chi connectivity index (χ2n) is 9.68. The number of nitrogens with zero attached hydrogens (tertiary/aromatic N) is 1. The molecule has 15 heteroatoms. The van der Waals surface area contributed by atoms with E-state index in [0.29, 0.717) is 0 Å². The first kappa shape index (κ1) is 38.1.